The molecular weight excluding hydrogens is 827 g/mol. The standard InChI is InChI=1S/C61H119NO5/c1-3-5-7-9-11-13-15-16-17-18-21-24-27-30-34-37-41-45-49-53-59(64)58(57-63)62-60(65)54-50-46-42-38-35-31-28-25-22-19-20-23-26-29-32-36-40-44-48-52-56-67-61(66)55-51-47-43-39-33-14-12-10-8-6-4-2/h10,12,58-59,63-64H,3-9,11,13-57H2,1-2H3,(H,62,65)/b12-10-. The van der Waals surface area contributed by atoms with Crippen LogP contribution in [0.4, 0.5) is 0 Å². The van der Waals surface area contributed by atoms with Gasteiger partial charge in [0.05, 0.1) is 25.4 Å². The molecule has 0 aromatic rings. The molecule has 0 saturated heterocycles. The lowest BCUT2D eigenvalue weighted by atomic mass is 10.0. The number of aliphatic hydroxyl groups excluding tert-OH is 2. The third-order valence-corrected chi connectivity index (χ3v) is 14.3. The molecule has 398 valence electrons. The zero-order valence-electron chi connectivity index (χ0n) is 45.4. The molecule has 0 spiro atoms. The summed E-state index contributed by atoms with van der Waals surface area (Å²) in [7, 11) is 0. The van der Waals surface area contributed by atoms with Gasteiger partial charge in [0.2, 0.25) is 5.91 Å². The van der Waals surface area contributed by atoms with Crippen molar-refractivity contribution in [3.63, 3.8) is 0 Å². The normalized spacial score (nSPS) is 12.6. The molecule has 0 bridgehead atoms. The van der Waals surface area contributed by atoms with Crippen LogP contribution in [0.5, 0.6) is 0 Å². The number of nitrogens with one attached hydrogen (secondary N) is 1. The Morgan fingerprint density at radius 2 is 0.716 bits per heavy atom. The predicted molar refractivity (Wildman–Crippen MR) is 292 cm³/mol. The SMILES string of the molecule is CCCC/C=C\CCCCCCCC(=O)OCCCCCCCCCCCCCCCCCCCCCCC(=O)NC(CO)C(O)CCCCCCCCCCCCCCCCCCCCC. The number of amides is 1. The van der Waals surface area contributed by atoms with Gasteiger partial charge in [0.15, 0.2) is 0 Å². The number of hydrogen-bond donors (Lipinski definition) is 3. The fourth-order valence-corrected chi connectivity index (χ4v) is 9.62. The van der Waals surface area contributed by atoms with Gasteiger partial charge in [0.1, 0.15) is 0 Å². The number of unbranched alkanes of at least 4 members (excludes halogenated alkanes) is 44. The zero-order chi connectivity index (χ0) is 48.6. The fraction of sp³-hybridized carbons (Fsp3) is 0.934. The fourth-order valence-electron chi connectivity index (χ4n) is 9.62. The molecular formula is C61H119NO5. The second kappa shape index (κ2) is 57.2. The Labute approximate surface area is 419 Å². The molecule has 0 rings (SSSR count). The van der Waals surface area contributed by atoms with Crippen LogP contribution in [0.1, 0.15) is 341 Å². The van der Waals surface area contributed by atoms with Crippen LogP contribution in [0, 0.1) is 0 Å². The van der Waals surface area contributed by atoms with Gasteiger partial charge in [-0.15, -0.1) is 0 Å². The molecule has 0 aliphatic carbocycles. The number of ether oxygens (including phenoxy) is 1. The highest BCUT2D eigenvalue weighted by Crippen LogP contribution is 2.18. The second-order valence-electron chi connectivity index (χ2n) is 21.0. The van der Waals surface area contributed by atoms with Crippen LogP contribution >= 0.6 is 0 Å². The van der Waals surface area contributed by atoms with E-state index in [1.165, 1.54) is 263 Å². The molecule has 6 heteroatoms. The van der Waals surface area contributed by atoms with Gasteiger partial charge in [-0.1, -0.05) is 296 Å². The molecule has 0 aromatic heterocycles. The number of esters is 1. The Kier molecular flexibility index (Phi) is 56.0. The molecule has 0 radical (unpaired) electrons. The number of carbonyl (C=O) groups excluding carboxylic acids is 2. The van der Waals surface area contributed by atoms with Crippen LogP contribution in [0.3, 0.4) is 0 Å². The van der Waals surface area contributed by atoms with Gasteiger partial charge in [-0.25, -0.2) is 0 Å². The maximum Gasteiger partial charge on any atom is 0.305 e. The van der Waals surface area contributed by atoms with Crippen LogP contribution in [-0.2, 0) is 14.3 Å². The molecule has 0 heterocycles. The molecule has 0 aromatic carbocycles. The summed E-state index contributed by atoms with van der Waals surface area (Å²) in [5.74, 6) is -0.0333. The second-order valence-corrected chi connectivity index (χ2v) is 21.0. The Bertz CT molecular complexity index is 1000. The molecule has 67 heavy (non-hydrogen) atoms. The Morgan fingerprint density at radius 3 is 1.10 bits per heavy atom. The summed E-state index contributed by atoms with van der Waals surface area (Å²) < 4.78 is 5.46. The van der Waals surface area contributed by atoms with Gasteiger partial charge in [0, 0.05) is 12.8 Å². The maximum absolute atomic E-state index is 12.5. The van der Waals surface area contributed by atoms with E-state index in [1.807, 2.05) is 0 Å². The molecule has 6 nitrogen and oxygen atoms in total. The molecule has 0 aliphatic heterocycles. The van der Waals surface area contributed by atoms with Crippen molar-refractivity contribution < 1.29 is 24.5 Å². The molecule has 2 atom stereocenters. The lowest BCUT2D eigenvalue weighted by molar-refractivity contribution is -0.143. The van der Waals surface area contributed by atoms with Gasteiger partial charge in [-0.2, -0.15) is 0 Å². The van der Waals surface area contributed by atoms with Crippen molar-refractivity contribution in [3.8, 4) is 0 Å². The van der Waals surface area contributed by atoms with Crippen molar-refractivity contribution in [2.45, 2.75) is 353 Å². The number of aliphatic hydroxyl groups is 2. The van der Waals surface area contributed by atoms with Crippen molar-refractivity contribution in [3.05, 3.63) is 12.2 Å². The Hall–Kier alpha value is -1.40. The monoisotopic (exact) mass is 946 g/mol. The smallest absolute Gasteiger partial charge is 0.305 e. The van der Waals surface area contributed by atoms with E-state index < -0.39 is 12.1 Å². The molecule has 0 aliphatic rings. The number of allylic oxidation sites excluding steroid dienone is 2. The van der Waals surface area contributed by atoms with Crippen molar-refractivity contribution in [1.29, 1.82) is 0 Å². The van der Waals surface area contributed by atoms with E-state index in [0.717, 1.165) is 44.9 Å². The minimum absolute atomic E-state index is 0.000236. The van der Waals surface area contributed by atoms with Gasteiger partial charge >= 0.3 is 5.97 Å². The first-order valence-corrected chi connectivity index (χ1v) is 30.4. The van der Waals surface area contributed by atoms with Crippen LogP contribution in [-0.4, -0.2) is 47.4 Å². The van der Waals surface area contributed by atoms with Crippen LogP contribution in [0.2, 0.25) is 0 Å². The number of rotatable bonds is 57. The van der Waals surface area contributed by atoms with Crippen molar-refractivity contribution in [2.75, 3.05) is 13.2 Å². The van der Waals surface area contributed by atoms with Gasteiger partial charge in [-0.3, -0.25) is 9.59 Å². The largest absolute Gasteiger partial charge is 0.466 e. The molecule has 3 N–H and O–H groups in total. The highest BCUT2D eigenvalue weighted by atomic mass is 16.5. The Balaban J connectivity index is 3.40. The third-order valence-electron chi connectivity index (χ3n) is 14.3. The van der Waals surface area contributed by atoms with E-state index in [4.69, 9.17) is 4.74 Å². The van der Waals surface area contributed by atoms with E-state index in [0.29, 0.717) is 25.9 Å². The third kappa shape index (κ3) is 53.8. The first-order chi connectivity index (χ1) is 33.0. The average molecular weight is 947 g/mol. The van der Waals surface area contributed by atoms with Gasteiger partial charge in [0.25, 0.3) is 0 Å². The quantitative estimate of drug-likeness (QED) is 0.0321. The Morgan fingerprint density at radius 1 is 0.403 bits per heavy atom. The highest BCUT2D eigenvalue weighted by Gasteiger charge is 2.20. The topological polar surface area (TPSA) is 95.9 Å². The first-order valence-electron chi connectivity index (χ1n) is 30.4. The highest BCUT2D eigenvalue weighted by molar-refractivity contribution is 5.76. The zero-order valence-corrected chi connectivity index (χ0v) is 45.4. The summed E-state index contributed by atoms with van der Waals surface area (Å²) in [4.78, 5) is 24.5. The summed E-state index contributed by atoms with van der Waals surface area (Å²) in [5.41, 5.74) is 0. The molecule has 2 unspecified atom stereocenters. The van der Waals surface area contributed by atoms with Crippen molar-refractivity contribution in [1.82, 2.24) is 5.32 Å². The number of hydrogen-bond acceptors (Lipinski definition) is 5. The molecule has 0 fully saturated rings. The minimum atomic E-state index is -0.665. The number of carbonyl (C=O) groups is 2. The van der Waals surface area contributed by atoms with Crippen molar-refractivity contribution in [2.24, 2.45) is 0 Å². The van der Waals surface area contributed by atoms with Crippen molar-refractivity contribution >= 4 is 11.9 Å². The summed E-state index contributed by atoms with van der Waals surface area (Å²) in [6, 6.07) is -0.543. The average Bonchev–Trinajstić information content (AvgIpc) is 3.33. The van der Waals surface area contributed by atoms with Crippen LogP contribution in [0.15, 0.2) is 12.2 Å². The van der Waals surface area contributed by atoms with E-state index in [2.05, 4.69) is 31.3 Å². The lowest BCUT2D eigenvalue weighted by Gasteiger charge is -2.22. The summed E-state index contributed by atoms with van der Waals surface area (Å²) in [6.45, 7) is 4.94. The van der Waals surface area contributed by atoms with Gasteiger partial charge < -0.3 is 20.3 Å². The maximum atomic E-state index is 12.5. The van der Waals surface area contributed by atoms with E-state index >= 15 is 0 Å². The summed E-state index contributed by atoms with van der Waals surface area (Å²) >= 11 is 0. The summed E-state index contributed by atoms with van der Waals surface area (Å²) in [6.07, 6.45) is 67.8. The molecule has 0 saturated carbocycles. The van der Waals surface area contributed by atoms with Gasteiger partial charge in [-0.05, 0) is 44.9 Å². The predicted octanol–water partition coefficient (Wildman–Crippen LogP) is 18.9. The van der Waals surface area contributed by atoms with Crippen LogP contribution in [0.25, 0.3) is 0 Å². The summed E-state index contributed by atoms with van der Waals surface area (Å²) in [5, 5.41) is 23.3. The minimum Gasteiger partial charge on any atom is -0.466 e. The van der Waals surface area contributed by atoms with E-state index in [9.17, 15) is 19.8 Å². The first kappa shape index (κ1) is 65.6. The molecule has 1 amide bonds. The van der Waals surface area contributed by atoms with E-state index in [1.54, 1.807) is 0 Å². The van der Waals surface area contributed by atoms with E-state index in [-0.39, 0.29) is 18.5 Å². The van der Waals surface area contributed by atoms with Crippen LogP contribution < -0.4 is 5.32 Å². The lowest BCUT2D eigenvalue weighted by Crippen LogP contribution is -2.45.